The van der Waals surface area contributed by atoms with Gasteiger partial charge < -0.3 is 10.5 Å². The van der Waals surface area contributed by atoms with Gasteiger partial charge in [-0.1, -0.05) is 18.2 Å². The number of aryl methyl sites for hydroxylation is 1. The average molecular weight is 394 g/mol. The van der Waals surface area contributed by atoms with Gasteiger partial charge in [-0.15, -0.1) is 0 Å². The third-order valence-corrected chi connectivity index (χ3v) is 4.66. The Morgan fingerprint density at radius 3 is 2.53 bits per heavy atom. The van der Waals surface area contributed by atoms with Crippen molar-refractivity contribution in [1.29, 1.82) is 5.26 Å². The number of nitriles is 1. The number of rotatable bonds is 4. The van der Waals surface area contributed by atoms with Gasteiger partial charge in [-0.2, -0.15) is 9.99 Å². The number of hydrogen-bond acceptors (Lipinski definition) is 4. The predicted molar refractivity (Wildman–Crippen MR) is 116 cm³/mol. The summed E-state index contributed by atoms with van der Waals surface area (Å²) in [5, 5.41) is 22.1. The van der Waals surface area contributed by atoms with E-state index in [2.05, 4.69) is 16.4 Å². The molecule has 1 aromatic heterocycles. The molecule has 0 saturated heterocycles. The van der Waals surface area contributed by atoms with E-state index in [0.29, 0.717) is 28.1 Å². The molecule has 30 heavy (non-hydrogen) atoms. The second kappa shape index (κ2) is 7.94. The fourth-order valence-corrected chi connectivity index (χ4v) is 3.09. The van der Waals surface area contributed by atoms with Crippen molar-refractivity contribution in [3.8, 4) is 17.5 Å². The number of nitrogens with one attached hydrogen (secondary N) is 1. The molecule has 0 aliphatic rings. The van der Waals surface area contributed by atoms with E-state index in [4.69, 9.17) is 5.26 Å². The molecular weight excluding hydrogens is 376 g/mol. The zero-order chi connectivity index (χ0) is 21.1. The first-order valence-corrected chi connectivity index (χ1v) is 9.31. The SMILES string of the molecule is Cc1ccc2nc(-c3ccc(NC(=O)/C=C/c4ccc(C#N)cc4)cc3)n(O)c2c1. The Kier molecular flexibility index (Phi) is 5.02. The van der Waals surface area contributed by atoms with Gasteiger partial charge in [-0.25, -0.2) is 4.98 Å². The zero-order valence-electron chi connectivity index (χ0n) is 16.2. The smallest absolute Gasteiger partial charge is 0.248 e. The third kappa shape index (κ3) is 3.91. The van der Waals surface area contributed by atoms with E-state index < -0.39 is 0 Å². The summed E-state index contributed by atoms with van der Waals surface area (Å²) in [7, 11) is 0. The highest BCUT2D eigenvalue weighted by Crippen LogP contribution is 2.25. The van der Waals surface area contributed by atoms with Gasteiger partial charge in [-0.3, -0.25) is 4.79 Å². The Labute approximate surface area is 173 Å². The molecule has 0 bridgehead atoms. The van der Waals surface area contributed by atoms with Gasteiger partial charge >= 0.3 is 0 Å². The minimum absolute atomic E-state index is 0.267. The highest BCUT2D eigenvalue weighted by molar-refractivity contribution is 6.02. The molecule has 4 aromatic rings. The largest absolute Gasteiger partial charge is 0.426 e. The number of carbonyl (C=O) groups excluding carboxylic acids is 1. The van der Waals surface area contributed by atoms with Crippen LogP contribution in [0.1, 0.15) is 16.7 Å². The van der Waals surface area contributed by atoms with E-state index in [0.717, 1.165) is 21.4 Å². The molecule has 6 heteroatoms. The van der Waals surface area contributed by atoms with Gasteiger partial charge in [0.1, 0.15) is 5.52 Å². The number of fused-ring (bicyclic) bond motifs is 1. The fourth-order valence-electron chi connectivity index (χ4n) is 3.09. The zero-order valence-corrected chi connectivity index (χ0v) is 16.2. The van der Waals surface area contributed by atoms with Crippen molar-refractivity contribution in [2.24, 2.45) is 0 Å². The first-order chi connectivity index (χ1) is 14.5. The van der Waals surface area contributed by atoms with Gasteiger partial charge in [0, 0.05) is 17.3 Å². The predicted octanol–water partition coefficient (Wildman–Crippen LogP) is 4.77. The fraction of sp³-hybridized carbons (Fsp3) is 0.0417. The molecule has 0 unspecified atom stereocenters. The standard InChI is InChI=1S/C24H18N4O2/c1-16-2-12-21-22(14-16)28(30)24(27-21)19-8-10-20(11-9-19)26-23(29)13-7-17-3-5-18(15-25)6-4-17/h2-14,30H,1H3,(H,26,29)/b13-7+. The van der Waals surface area contributed by atoms with E-state index in [1.165, 1.54) is 6.08 Å². The molecule has 0 aliphatic carbocycles. The molecule has 0 aliphatic heterocycles. The van der Waals surface area contributed by atoms with Crippen molar-refractivity contribution in [2.45, 2.75) is 6.92 Å². The van der Waals surface area contributed by atoms with Crippen molar-refractivity contribution in [1.82, 2.24) is 9.71 Å². The molecule has 1 amide bonds. The van der Waals surface area contributed by atoms with Crippen LogP contribution in [-0.2, 0) is 4.79 Å². The number of benzene rings is 3. The van der Waals surface area contributed by atoms with E-state index in [1.54, 1.807) is 54.6 Å². The number of carbonyl (C=O) groups is 1. The molecule has 0 saturated carbocycles. The quantitative estimate of drug-likeness (QED) is 0.385. The summed E-state index contributed by atoms with van der Waals surface area (Å²) < 4.78 is 1.08. The summed E-state index contributed by atoms with van der Waals surface area (Å²) in [5.41, 5.74) is 5.16. The lowest BCUT2D eigenvalue weighted by Crippen LogP contribution is -2.07. The Bertz CT molecular complexity index is 1290. The minimum Gasteiger partial charge on any atom is -0.426 e. The number of imidazole rings is 1. The molecule has 2 N–H and O–H groups in total. The summed E-state index contributed by atoms with van der Waals surface area (Å²) in [4.78, 5) is 16.6. The normalized spacial score (nSPS) is 10.9. The highest BCUT2D eigenvalue weighted by Gasteiger charge is 2.12. The van der Waals surface area contributed by atoms with Crippen LogP contribution in [0.5, 0.6) is 0 Å². The van der Waals surface area contributed by atoms with Gasteiger partial charge in [0.25, 0.3) is 0 Å². The van der Waals surface area contributed by atoms with E-state index in [1.807, 2.05) is 25.1 Å². The lowest BCUT2D eigenvalue weighted by Gasteiger charge is -2.05. The number of aromatic nitrogens is 2. The second-order valence-electron chi connectivity index (χ2n) is 6.87. The number of amides is 1. The van der Waals surface area contributed by atoms with E-state index in [-0.39, 0.29) is 5.91 Å². The Morgan fingerprint density at radius 1 is 1.10 bits per heavy atom. The van der Waals surface area contributed by atoms with E-state index in [9.17, 15) is 10.0 Å². The summed E-state index contributed by atoms with van der Waals surface area (Å²) in [6, 6.07) is 21.8. The molecule has 0 fully saturated rings. The number of nitrogens with zero attached hydrogens (tertiary/aromatic N) is 3. The van der Waals surface area contributed by atoms with Crippen molar-refractivity contribution in [3.63, 3.8) is 0 Å². The number of anilines is 1. The lowest BCUT2D eigenvalue weighted by atomic mass is 10.1. The van der Waals surface area contributed by atoms with Gasteiger partial charge in [0.2, 0.25) is 5.91 Å². The Balaban J connectivity index is 1.47. The molecule has 6 nitrogen and oxygen atoms in total. The molecule has 1 heterocycles. The maximum absolute atomic E-state index is 12.2. The van der Waals surface area contributed by atoms with Crippen LogP contribution in [0.4, 0.5) is 5.69 Å². The number of hydrogen-bond donors (Lipinski definition) is 2. The van der Waals surface area contributed by atoms with Crippen LogP contribution in [0.2, 0.25) is 0 Å². The van der Waals surface area contributed by atoms with Crippen molar-refractivity contribution in [3.05, 3.63) is 89.5 Å². The molecule has 4 rings (SSSR count). The Morgan fingerprint density at radius 2 is 1.83 bits per heavy atom. The first kappa shape index (κ1) is 19.0. The first-order valence-electron chi connectivity index (χ1n) is 9.31. The lowest BCUT2D eigenvalue weighted by molar-refractivity contribution is -0.111. The maximum atomic E-state index is 12.2. The van der Waals surface area contributed by atoms with Crippen LogP contribution in [0.3, 0.4) is 0 Å². The van der Waals surface area contributed by atoms with E-state index >= 15 is 0 Å². The Hall–Kier alpha value is -4.37. The molecular formula is C24H18N4O2. The molecule has 0 atom stereocenters. The topological polar surface area (TPSA) is 90.9 Å². The monoisotopic (exact) mass is 394 g/mol. The summed E-state index contributed by atoms with van der Waals surface area (Å²) >= 11 is 0. The summed E-state index contributed by atoms with van der Waals surface area (Å²) in [6.07, 6.45) is 3.12. The van der Waals surface area contributed by atoms with Crippen LogP contribution in [0.25, 0.3) is 28.5 Å². The molecule has 146 valence electrons. The highest BCUT2D eigenvalue weighted by atomic mass is 16.5. The summed E-state index contributed by atoms with van der Waals surface area (Å²) in [6.45, 7) is 1.96. The van der Waals surface area contributed by atoms with Crippen LogP contribution in [0, 0.1) is 18.3 Å². The molecule has 0 spiro atoms. The van der Waals surface area contributed by atoms with Gasteiger partial charge in [0.05, 0.1) is 17.1 Å². The van der Waals surface area contributed by atoms with Crippen molar-refractivity contribution in [2.75, 3.05) is 5.32 Å². The molecule has 3 aromatic carbocycles. The second-order valence-corrected chi connectivity index (χ2v) is 6.87. The van der Waals surface area contributed by atoms with Crippen LogP contribution in [-0.4, -0.2) is 20.8 Å². The average Bonchev–Trinajstić information content (AvgIpc) is 3.09. The van der Waals surface area contributed by atoms with Crippen molar-refractivity contribution >= 4 is 28.7 Å². The summed E-state index contributed by atoms with van der Waals surface area (Å²) in [5.74, 6) is 0.172. The minimum atomic E-state index is -0.267. The van der Waals surface area contributed by atoms with Crippen molar-refractivity contribution < 1.29 is 10.0 Å². The maximum Gasteiger partial charge on any atom is 0.248 e. The third-order valence-electron chi connectivity index (χ3n) is 4.66. The van der Waals surface area contributed by atoms with Crippen LogP contribution in [0.15, 0.2) is 72.8 Å². The van der Waals surface area contributed by atoms with Crippen LogP contribution >= 0.6 is 0 Å². The van der Waals surface area contributed by atoms with Gasteiger partial charge in [-0.05, 0) is 72.7 Å². The molecule has 0 radical (unpaired) electrons. The van der Waals surface area contributed by atoms with Crippen LogP contribution < -0.4 is 5.32 Å². The van der Waals surface area contributed by atoms with Gasteiger partial charge in [0.15, 0.2) is 5.82 Å².